The largest absolute Gasteiger partial charge is 0.397 e. The highest BCUT2D eigenvalue weighted by atomic mass is 32.1. The highest BCUT2D eigenvalue weighted by Crippen LogP contribution is 2.29. The Morgan fingerprint density at radius 1 is 1.52 bits per heavy atom. The molecular formula is C15H26N4OS. The second-order valence-electron chi connectivity index (χ2n) is 5.64. The molecule has 1 aromatic heterocycles. The molecule has 4 N–H and O–H groups in total. The molecular weight excluding hydrogens is 284 g/mol. The number of nitrogens with one attached hydrogen (secondary N) is 2. The maximum atomic E-state index is 11.6. The average Bonchev–Trinajstić information content (AvgIpc) is 2.85. The molecule has 0 radical (unpaired) electrons. The van der Waals surface area contributed by atoms with E-state index in [0.29, 0.717) is 10.6 Å². The van der Waals surface area contributed by atoms with Crippen LogP contribution < -0.4 is 16.4 Å². The van der Waals surface area contributed by atoms with Gasteiger partial charge in [0, 0.05) is 26.2 Å². The number of thiophene rings is 1. The van der Waals surface area contributed by atoms with Crippen molar-refractivity contribution in [2.45, 2.75) is 38.6 Å². The first kappa shape index (κ1) is 16.1. The Balaban J connectivity index is 1.74. The van der Waals surface area contributed by atoms with Crippen molar-refractivity contribution in [1.82, 2.24) is 10.2 Å². The lowest BCUT2D eigenvalue weighted by Gasteiger charge is -2.33. The van der Waals surface area contributed by atoms with Gasteiger partial charge in [0.1, 0.15) is 4.88 Å². The summed E-state index contributed by atoms with van der Waals surface area (Å²) in [7, 11) is 1.62. The molecule has 0 spiro atoms. The van der Waals surface area contributed by atoms with Crippen molar-refractivity contribution in [2.24, 2.45) is 0 Å². The minimum atomic E-state index is -0.118. The summed E-state index contributed by atoms with van der Waals surface area (Å²) in [5.74, 6) is -0.118. The van der Waals surface area contributed by atoms with Crippen LogP contribution in [-0.4, -0.2) is 43.5 Å². The van der Waals surface area contributed by atoms with Crippen LogP contribution in [0.1, 0.15) is 42.3 Å². The summed E-state index contributed by atoms with van der Waals surface area (Å²) in [6, 6.07) is 2.56. The Morgan fingerprint density at radius 2 is 2.33 bits per heavy atom. The zero-order valence-corrected chi connectivity index (χ0v) is 13.8. The summed E-state index contributed by atoms with van der Waals surface area (Å²) in [5, 5.41) is 6.95. The number of piperidine rings is 1. The van der Waals surface area contributed by atoms with E-state index < -0.39 is 0 Å². The van der Waals surface area contributed by atoms with E-state index in [2.05, 4.69) is 22.5 Å². The number of anilines is 2. The van der Waals surface area contributed by atoms with Gasteiger partial charge < -0.3 is 21.3 Å². The lowest BCUT2D eigenvalue weighted by Crippen LogP contribution is -2.38. The van der Waals surface area contributed by atoms with Crippen LogP contribution in [0.15, 0.2) is 6.07 Å². The van der Waals surface area contributed by atoms with E-state index in [1.54, 1.807) is 7.05 Å². The molecule has 0 saturated carbocycles. The lowest BCUT2D eigenvalue weighted by atomic mass is 10.0. The molecule has 1 aliphatic heterocycles. The highest BCUT2D eigenvalue weighted by molar-refractivity contribution is 7.18. The van der Waals surface area contributed by atoms with Crippen molar-refractivity contribution >= 4 is 27.9 Å². The van der Waals surface area contributed by atoms with Gasteiger partial charge in [-0.05, 0) is 38.8 Å². The van der Waals surface area contributed by atoms with E-state index in [1.807, 2.05) is 6.07 Å². The summed E-state index contributed by atoms with van der Waals surface area (Å²) < 4.78 is 0. The van der Waals surface area contributed by atoms with Gasteiger partial charge in [-0.25, -0.2) is 0 Å². The second-order valence-corrected chi connectivity index (χ2v) is 6.69. The fraction of sp³-hybridized carbons (Fsp3) is 0.667. The number of carbonyl (C=O) groups excluding carboxylic acids is 1. The Bertz CT molecular complexity index is 474. The van der Waals surface area contributed by atoms with E-state index >= 15 is 0 Å². The molecule has 1 amide bonds. The number of likely N-dealkylation sites (tertiary alicyclic amines) is 1. The minimum absolute atomic E-state index is 0.118. The molecule has 6 heteroatoms. The number of nitrogens with two attached hydrogens (primary N) is 1. The van der Waals surface area contributed by atoms with Gasteiger partial charge >= 0.3 is 0 Å². The summed E-state index contributed by atoms with van der Waals surface area (Å²) in [6.45, 7) is 5.60. The molecule has 0 aliphatic carbocycles. The van der Waals surface area contributed by atoms with Gasteiger partial charge in [-0.1, -0.05) is 6.42 Å². The number of rotatable bonds is 6. The first-order chi connectivity index (χ1) is 10.1. The van der Waals surface area contributed by atoms with Crippen LogP contribution in [0.3, 0.4) is 0 Å². The number of nitrogen functional groups attached to an aromatic ring is 1. The summed E-state index contributed by atoms with van der Waals surface area (Å²) in [6.07, 6.45) is 5.13. The molecule has 118 valence electrons. The van der Waals surface area contributed by atoms with E-state index in [0.717, 1.165) is 30.6 Å². The van der Waals surface area contributed by atoms with Crippen LogP contribution >= 0.6 is 11.3 Å². The molecule has 21 heavy (non-hydrogen) atoms. The first-order valence-corrected chi connectivity index (χ1v) is 8.52. The Morgan fingerprint density at radius 3 is 3.05 bits per heavy atom. The second kappa shape index (κ2) is 7.66. The maximum absolute atomic E-state index is 11.6. The summed E-state index contributed by atoms with van der Waals surface area (Å²) >= 11 is 1.42. The van der Waals surface area contributed by atoms with Crippen molar-refractivity contribution in [3.63, 3.8) is 0 Å². The fourth-order valence-corrected chi connectivity index (χ4v) is 3.72. The summed E-state index contributed by atoms with van der Waals surface area (Å²) in [4.78, 5) is 14.8. The predicted molar refractivity (Wildman–Crippen MR) is 90.1 cm³/mol. The van der Waals surface area contributed by atoms with Gasteiger partial charge in [-0.15, -0.1) is 11.3 Å². The van der Waals surface area contributed by atoms with Gasteiger partial charge in [0.05, 0.1) is 10.7 Å². The molecule has 0 bridgehead atoms. The molecule has 1 saturated heterocycles. The Labute approximate surface area is 130 Å². The normalized spacial score (nSPS) is 19.4. The third-order valence-electron chi connectivity index (χ3n) is 4.06. The molecule has 2 rings (SSSR count). The van der Waals surface area contributed by atoms with Gasteiger partial charge in [0.25, 0.3) is 5.91 Å². The standard InChI is InChI=1S/C15H26N4OS/c1-11-6-3-4-8-19(11)9-5-7-18-13-10-12(16)14(21-13)15(20)17-2/h10-11,18H,3-9,16H2,1-2H3,(H,17,20). The lowest BCUT2D eigenvalue weighted by molar-refractivity contribution is 0.0968. The molecule has 1 atom stereocenters. The zero-order valence-electron chi connectivity index (χ0n) is 12.9. The van der Waals surface area contributed by atoms with Crippen LogP contribution in [0.4, 0.5) is 10.7 Å². The molecule has 1 fully saturated rings. The van der Waals surface area contributed by atoms with Crippen LogP contribution in [0.5, 0.6) is 0 Å². The van der Waals surface area contributed by atoms with Gasteiger partial charge in [-0.2, -0.15) is 0 Å². The van der Waals surface area contributed by atoms with Crippen molar-refractivity contribution in [3.8, 4) is 0 Å². The minimum Gasteiger partial charge on any atom is -0.397 e. The fourth-order valence-electron chi connectivity index (χ4n) is 2.77. The molecule has 2 heterocycles. The van der Waals surface area contributed by atoms with Crippen molar-refractivity contribution < 1.29 is 4.79 Å². The molecule has 1 aliphatic rings. The number of hydrogen-bond donors (Lipinski definition) is 3. The van der Waals surface area contributed by atoms with Crippen molar-refractivity contribution in [2.75, 3.05) is 37.7 Å². The van der Waals surface area contributed by atoms with Crippen LogP contribution in [-0.2, 0) is 0 Å². The van der Waals surface area contributed by atoms with Crippen molar-refractivity contribution in [3.05, 3.63) is 10.9 Å². The van der Waals surface area contributed by atoms with E-state index in [9.17, 15) is 4.79 Å². The van der Waals surface area contributed by atoms with E-state index in [1.165, 1.54) is 37.1 Å². The van der Waals surface area contributed by atoms with Gasteiger partial charge in [0.2, 0.25) is 0 Å². The maximum Gasteiger partial charge on any atom is 0.263 e. The average molecular weight is 310 g/mol. The van der Waals surface area contributed by atoms with Crippen LogP contribution in [0, 0.1) is 0 Å². The van der Waals surface area contributed by atoms with E-state index in [-0.39, 0.29) is 5.91 Å². The van der Waals surface area contributed by atoms with E-state index in [4.69, 9.17) is 5.73 Å². The SMILES string of the molecule is CNC(=O)c1sc(NCCCN2CCCCC2C)cc1N. The Kier molecular flexibility index (Phi) is 5.87. The molecule has 1 aromatic rings. The molecule has 1 unspecified atom stereocenters. The number of nitrogens with zero attached hydrogens (tertiary/aromatic N) is 1. The highest BCUT2D eigenvalue weighted by Gasteiger charge is 2.17. The number of hydrogen-bond acceptors (Lipinski definition) is 5. The van der Waals surface area contributed by atoms with Crippen LogP contribution in [0.2, 0.25) is 0 Å². The Hall–Kier alpha value is -1.27. The third-order valence-corrected chi connectivity index (χ3v) is 5.16. The smallest absolute Gasteiger partial charge is 0.263 e. The number of amides is 1. The predicted octanol–water partition coefficient (Wildman–Crippen LogP) is 2.37. The quantitative estimate of drug-likeness (QED) is 0.706. The van der Waals surface area contributed by atoms with Gasteiger partial charge in [-0.3, -0.25) is 4.79 Å². The first-order valence-electron chi connectivity index (χ1n) is 7.71. The topological polar surface area (TPSA) is 70.4 Å². The van der Waals surface area contributed by atoms with Gasteiger partial charge in [0.15, 0.2) is 0 Å². The molecule has 0 aromatic carbocycles. The number of carbonyl (C=O) groups is 1. The van der Waals surface area contributed by atoms with Crippen LogP contribution in [0.25, 0.3) is 0 Å². The zero-order chi connectivity index (χ0) is 15.2. The summed E-state index contributed by atoms with van der Waals surface area (Å²) in [5.41, 5.74) is 6.41. The third kappa shape index (κ3) is 4.35. The monoisotopic (exact) mass is 310 g/mol. The molecule has 5 nitrogen and oxygen atoms in total. The van der Waals surface area contributed by atoms with Crippen molar-refractivity contribution in [1.29, 1.82) is 0 Å².